The molecule has 0 amide bonds. The van der Waals surface area contributed by atoms with Gasteiger partial charge in [-0.2, -0.15) is 0 Å². The van der Waals surface area contributed by atoms with Crippen LogP contribution in [0.2, 0.25) is 0 Å². The SMILES string of the molecule is [CH2]CN1CCN(Cc2ccc(F)cc2)CC1. The molecule has 0 N–H and O–H groups in total. The number of halogens is 1. The molecule has 1 aliphatic rings. The molecule has 0 spiro atoms. The predicted octanol–water partition coefficient (Wildman–Crippen LogP) is 1.78. The standard InChI is InChI=1S/C13H18FN2/c1-2-15-7-9-16(10-8-15)11-12-3-5-13(14)6-4-12/h3-6H,1-2,7-11H2. The normalized spacial score (nSPS) is 18.9. The van der Waals surface area contributed by atoms with Gasteiger partial charge in [0.05, 0.1) is 0 Å². The van der Waals surface area contributed by atoms with E-state index in [-0.39, 0.29) is 5.82 Å². The minimum atomic E-state index is -0.161. The third-order valence-electron chi connectivity index (χ3n) is 3.10. The zero-order chi connectivity index (χ0) is 11.4. The molecule has 1 aromatic carbocycles. The number of nitrogens with zero attached hydrogens (tertiary/aromatic N) is 2. The fourth-order valence-electron chi connectivity index (χ4n) is 2.02. The zero-order valence-corrected chi connectivity index (χ0v) is 9.53. The molecule has 2 rings (SSSR count). The minimum absolute atomic E-state index is 0.161. The molecular formula is C13H18FN2. The van der Waals surface area contributed by atoms with Gasteiger partial charge in [-0.15, -0.1) is 0 Å². The van der Waals surface area contributed by atoms with Crippen LogP contribution < -0.4 is 0 Å². The first kappa shape index (κ1) is 11.6. The summed E-state index contributed by atoms with van der Waals surface area (Å²) in [4.78, 5) is 4.75. The second kappa shape index (κ2) is 5.41. The van der Waals surface area contributed by atoms with Crippen LogP contribution in [0.25, 0.3) is 0 Å². The minimum Gasteiger partial charge on any atom is -0.301 e. The van der Waals surface area contributed by atoms with E-state index in [1.165, 1.54) is 17.7 Å². The summed E-state index contributed by atoms with van der Waals surface area (Å²) < 4.78 is 12.7. The van der Waals surface area contributed by atoms with Gasteiger partial charge in [-0.3, -0.25) is 4.90 Å². The van der Waals surface area contributed by atoms with Crippen LogP contribution in [0, 0.1) is 12.7 Å². The summed E-state index contributed by atoms with van der Waals surface area (Å²) in [6, 6.07) is 6.79. The summed E-state index contributed by atoms with van der Waals surface area (Å²) in [6.45, 7) is 10.0. The highest BCUT2D eigenvalue weighted by atomic mass is 19.1. The van der Waals surface area contributed by atoms with Crippen LogP contribution in [0.4, 0.5) is 4.39 Å². The van der Waals surface area contributed by atoms with Gasteiger partial charge in [0.2, 0.25) is 0 Å². The van der Waals surface area contributed by atoms with Crippen molar-refractivity contribution in [3.05, 3.63) is 42.6 Å². The molecule has 1 heterocycles. The summed E-state index contributed by atoms with van der Waals surface area (Å²) in [5, 5.41) is 0. The molecule has 1 radical (unpaired) electrons. The maximum atomic E-state index is 12.7. The van der Waals surface area contributed by atoms with Crippen LogP contribution >= 0.6 is 0 Å². The van der Waals surface area contributed by atoms with E-state index in [1.54, 1.807) is 0 Å². The van der Waals surface area contributed by atoms with Gasteiger partial charge in [-0.25, -0.2) is 4.39 Å². The Morgan fingerprint density at radius 3 is 2.12 bits per heavy atom. The van der Waals surface area contributed by atoms with Crippen LogP contribution in [0.15, 0.2) is 24.3 Å². The Morgan fingerprint density at radius 2 is 1.56 bits per heavy atom. The Labute approximate surface area is 96.7 Å². The largest absolute Gasteiger partial charge is 0.301 e. The van der Waals surface area contributed by atoms with Crippen molar-refractivity contribution in [1.29, 1.82) is 0 Å². The number of benzene rings is 1. The molecule has 16 heavy (non-hydrogen) atoms. The van der Waals surface area contributed by atoms with E-state index in [0.717, 1.165) is 39.3 Å². The van der Waals surface area contributed by atoms with E-state index in [4.69, 9.17) is 0 Å². The molecule has 1 saturated heterocycles. The third-order valence-corrected chi connectivity index (χ3v) is 3.10. The highest BCUT2D eigenvalue weighted by Crippen LogP contribution is 2.09. The maximum absolute atomic E-state index is 12.7. The number of piperazine rings is 1. The molecule has 0 aliphatic carbocycles. The van der Waals surface area contributed by atoms with Gasteiger partial charge in [-0.1, -0.05) is 12.1 Å². The van der Waals surface area contributed by atoms with Crippen molar-refractivity contribution in [3.63, 3.8) is 0 Å². The molecular weight excluding hydrogens is 203 g/mol. The first-order chi connectivity index (χ1) is 7.78. The molecule has 1 aromatic rings. The maximum Gasteiger partial charge on any atom is 0.123 e. The van der Waals surface area contributed by atoms with Gasteiger partial charge in [0, 0.05) is 32.7 Å². The van der Waals surface area contributed by atoms with E-state index in [0.29, 0.717) is 0 Å². The van der Waals surface area contributed by atoms with Crippen LogP contribution in [0.1, 0.15) is 5.56 Å². The van der Waals surface area contributed by atoms with Crippen LogP contribution in [-0.2, 0) is 6.54 Å². The first-order valence-electron chi connectivity index (χ1n) is 5.76. The molecule has 0 saturated carbocycles. The summed E-state index contributed by atoms with van der Waals surface area (Å²) in [5.41, 5.74) is 1.18. The Kier molecular flexibility index (Phi) is 3.91. The van der Waals surface area contributed by atoms with Crippen LogP contribution in [-0.4, -0.2) is 42.5 Å². The van der Waals surface area contributed by atoms with Crippen molar-refractivity contribution < 1.29 is 4.39 Å². The highest BCUT2D eigenvalue weighted by Gasteiger charge is 2.15. The van der Waals surface area contributed by atoms with Crippen LogP contribution in [0.3, 0.4) is 0 Å². The molecule has 2 nitrogen and oxygen atoms in total. The van der Waals surface area contributed by atoms with Gasteiger partial charge in [0.25, 0.3) is 0 Å². The summed E-state index contributed by atoms with van der Waals surface area (Å²) in [5.74, 6) is -0.161. The number of hydrogen-bond donors (Lipinski definition) is 0. The molecule has 3 heteroatoms. The predicted molar refractivity (Wildman–Crippen MR) is 63.5 cm³/mol. The average molecular weight is 221 g/mol. The quantitative estimate of drug-likeness (QED) is 0.767. The monoisotopic (exact) mass is 221 g/mol. The Morgan fingerprint density at radius 1 is 1.00 bits per heavy atom. The van der Waals surface area contributed by atoms with Crippen molar-refractivity contribution in [1.82, 2.24) is 9.80 Å². The fourth-order valence-corrected chi connectivity index (χ4v) is 2.02. The van der Waals surface area contributed by atoms with Gasteiger partial charge in [0.1, 0.15) is 5.82 Å². The smallest absolute Gasteiger partial charge is 0.123 e. The van der Waals surface area contributed by atoms with E-state index in [9.17, 15) is 4.39 Å². The lowest BCUT2D eigenvalue weighted by Gasteiger charge is -2.33. The highest BCUT2D eigenvalue weighted by molar-refractivity contribution is 5.15. The number of hydrogen-bond acceptors (Lipinski definition) is 2. The van der Waals surface area contributed by atoms with Crippen molar-refractivity contribution in [3.8, 4) is 0 Å². The summed E-state index contributed by atoms with van der Waals surface area (Å²) in [7, 11) is 0. The summed E-state index contributed by atoms with van der Waals surface area (Å²) >= 11 is 0. The van der Waals surface area contributed by atoms with E-state index in [2.05, 4.69) is 16.7 Å². The molecule has 0 aromatic heterocycles. The van der Waals surface area contributed by atoms with Crippen LogP contribution in [0.5, 0.6) is 0 Å². The molecule has 0 atom stereocenters. The lowest BCUT2D eigenvalue weighted by atomic mass is 10.2. The average Bonchev–Trinajstić information content (AvgIpc) is 2.33. The van der Waals surface area contributed by atoms with E-state index < -0.39 is 0 Å². The zero-order valence-electron chi connectivity index (χ0n) is 9.53. The third kappa shape index (κ3) is 3.03. The van der Waals surface area contributed by atoms with Gasteiger partial charge >= 0.3 is 0 Å². The number of rotatable bonds is 3. The van der Waals surface area contributed by atoms with Gasteiger partial charge in [0.15, 0.2) is 0 Å². The molecule has 0 unspecified atom stereocenters. The van der Waals surface area contributed by atoms with E-state index >= 15 is 0 Å². The fraction of sp³-hybridized carbons (Fsp3) is 0.462. The molecule has 87 valence electrons. The Bertz CT molecular complexity index is 315. The van der Waals surface area contributed by atoms with Crippen molar-refractivity contribution in [2.24, 2.45) is 0 Å². The Hall–Kier alpha value is -0.930. The van der Waals surface area contributed by atoms with Gasteiger partial charge in [-0.05, 0) is 31.2 Å². The van der Waals surface area contributed by atoms with E-state index in [1.807, 2.05) is 12.1 Å². The lowest BCUT2D eigenvalue weighted by Crippen LogP contribution is -2.45. The summed E-state index contributed by atoms with van der Waals surface area (Å²) in [6.07, 6.45) is 0. The molecule has 1 fully saturated rings. The van der Waals surface area contributed by atoms with Crippen molar-refractivity contribution in [2.45, 2.75) is 6.54 Å². The van der Waals surface area contributed by atoms with Crippen molar-refractivity contribution >= 4 is 0 Å². The Balaban J connectivity index is 1.84. The molecule has 0 bridgehead atoms. The topological polar surface area (TPSA) is 6.48 Å². The van der Waals surface area contributed by atoms with Gasteiger partial charge < -0.3 is 4.90 Å². The second-order valence-electron chi connectivity index (χ2n) is 4.24. The molecule has 1 aliphatic heterocycles. The second-order valence-corrected chi connectivity index (χ2v) is 4.24. The first-order valence-corrected chi connectivity index (χ1v) is 5.76. The lowest BCUT2D eigenvalue weighted by molar-refractivity contribution is 0.136. The van der Waals surface area contributed by atoms with Crippen molar-refractivity contribution in [2.75, 3.05) is 32.7 Å².